The van der Waals surface area contributed by atoms with Gasteiger partial charge in [-0.3, -0.25) is 20.7 Å². The lowest BCUT2D eigenvalue weighted by molar-refractivity contribution is 0.0722. The minimum atomic E-state index is 0.607. The number of nitrogens with one attached hydrogen (secondary N) is 2. The summed E-state index contributed by atoms with van der Waals surface area (Å²) in [5.41, 5.74) is 7.10. The predicted octanol–water partition coefficient (Wildman–Crippen LogP) is 0.740. The summed E-state index contributed by atoms with van der Waals surface area (Å²) >= 11 is 0. The van der Waals surface area contributed by atoms with E-state index in [4.69, 9.17) is 0 Å². The predicted molar refractivity (Wildman–Crippen MR) is 92.0 cm³/mol. The topological polar surface area (TPSA) is 37.0 Å². The number of rotatable bonds is 7. The first-order valence-electron chi connectivity index (χ1n) is 8.78. The van der Waals surface area contributed by atoms with E-state index < -0.39 is 0 Å². The zero-order valence-corrected chi connectivity index (χ0v) is 15.3. The molecule has 0 aromatic heterocycles. The molecule has 2 aliphatic heterocycles. The Bertz CT molecular complexity index is 307. The molecule has 130 valence electrons. The number of nitrogens with zero attached hydrogens (tertiary/aromatic N) is 4. The van der Waals surface area contributed by atoms with Gasteiger partial charge in [0.2, 0.25) is 0 Å². The van der Waals surface area contributed by atoms with E-state index in [9.17, 15) is 0 Å². The van der Waals surface area contributed by atoms with Crippen molar-refractivity contribution in [3.8, 4) is 0 Å². The fraction of sp³-hybridized carbons (Fsp3) is 1.00. The van der Waals surface area contributed by atoms with E-state index in [1.807, 2.05) is 0 Å². The number of hydrogen-bond donors (Lipinski definition) is 2. The van der Waals surface area contributed by atoms with Crippen molar-refractivity contribution in [3.05, 3.63) is 0 Å². The van der Waals surface area contributed by atoms with Crippen molar-refractivity contribution in [1.29, 1.82) is 0 Å². The number of hydrogen-bond acceptors (Lipinski definition) is 6. The smallest absolute Gasteiger partial charge is 0.0647 e. The van der Waals surface area contributed by atoms with Gasteiger partial charge in [0, 0.05) is 37.3 Å². The maximum Gasteiger partial charge on any atom is 0.0647 e. The normalized spacial score (nSPS) is 34.4. The molecule has 0 bridgehead atoms. The van der Waals surface area contributed by atoms with Crippen molar-refractivity contribution in [2.75, 3.05) is 40.5 Å². The third-order valence-electron chi connectivity index (χ3n) is 4.88. The van der Waals surface area contributed by atoms with Gasteiger partial charge in [0.1, 0.15) is 0 Å². The summed E-state index contributed by atoms with van der Waals surface area (Å²) < 4.78 is 0. The maximum absolute atomic E-state index is 3.55. The standard InChI is InChI=1S/C16H36N6/c1-13-9-15(3)21(17-13)11-19(5)7-8-20(6)12-22-16(4)10-14(2)18-22/h13-18H,7-12H2,1-6H3. The second kappa shape index (κ2) is 8.04. The van der Waals surface area contributed by atoms with E-state index in [1.165, 1.54) is 12.8 Å². The summed E-state index contributed by atoms with van der Waals surface area (Å²) in [4.78, 5) is 4.81. The van der Waals surface area contributed by atoms with Crippen molar-refractivity contribution < 1.29 is 0 Å². The van der Waals surface area contributed by atoms with Crippen LogP contribution < -0.4 is 10.9 Å². The van der Waals surface area contributed by atoms with Gasteiger partial charge in [-0.15, -0.1) is 0 Å². The lowest BCUT2D eigenvalue weighted by atomic mass is 10.2. The van der Waals surface area contributed by atoms with E-state index in [0.717, 1.165) is 26.4 Å². The minimum absolute atomic E-state index is 0.607. The molecule has 2 N–H and O–H groups in total. The molecule has 2 aliphatic rings. The van der Waals surface area contributed by atoms with Crippen molar-refractivity contribution in [2.24, 2.45) is 0 Å². The van der Waals surface area contributed by atoms with E-state index in [2.05, 4.69) is 72.5 Å². The SMILES string of the molecule is CC1CC(C)N(CN(C)CCN(C)CN2NC(C)CC2C)N1. The fourth-order valence-electron chi connectivity index (χ4n) is 3.57. The van der Waals surface area contributed by atoms with Crippen LogP contribution in [0.25, 0.3) is 0 Å². The molecule has 6 heteroatoms. The summed E-state index contributed by atoms with van der Waals surface area (Å²) in [6.07, 6.45) is 2.48. The molecule has 4 atom stereocenters. The average Bonchev–Trinajstić information content (AvgIpc) is 2.89. The second-order valence-corrected chi connectivity index (χ2v) is 7.61. The molecule has 0 aliphatic carbocycles. The largest absolute Gasteiger partial charge is 0.291 e. The Balaban J connectivity index is 1.64. The number of hydrazine groups is 2. The third-order valence-corrected chi connectivity index (χ3v) is 4.88. The van der Waals surface area contributed by atoms with Crippen LogP contribution in [0.1, 0.15) is 40.5 Å². The first-order chi connectivity index (χ1) is 10.3. The van der Waals surface area contributed by atoms with Gasteiger partial charge in [-0.1, -0.05) is 0 Å². The van der Waals surface area contributed by atoms with E-state index in [1.54, 1.807) is 0 Å². The molecule has 22 heavy (non-hydrogen) atoms. The van der Waals surface area contributed by atoms with E-state index >= 15 is 0 Å². The van der Waals surface area contributed by atoms with Crippen LogP contribution in [-0.2, 0) is 0 Å². The first kappa shape index (κ1) is 18.1. The summed E-state index contributed by atoms with van der Waals surface area (Å²) in [7, 11) is 4.42. The van der Waals surface area contributed by atoms with Gasteiger partial charge in [0.15, 0.2) is 0 Å². The van der Waals surface area contributed by atoms with Gasteiger partial charge in [-0.25, -0.2) is 10.0 Å². The van der Waals surface area contributed by atoms with Crippen LogP contribution in [0.2, 0.25) is 0 Å². The molecule has 4 unspecified atom stereocenters. The van der Waals surface area contributed by atoms with Crippen molar-refractivity contribution in [1.82, 2.24) is 30.7 Å². The fourth-order valence-corrected chi connectivity index (χ4v) is 3.57. The minimum Gasteiger partial charge on any atom is -0.291 e. The van der Waals surface area contributed by atoms with Gasteiger partial charge < -0.3 is 0 Å². The van der Waals surface area contributed by atoms with Crippen LogP contribution in [-0.4, -0.2) is 84.5 Å². The molecule has 0 radical (unpaired) electrons. The molecule has 2 heterocycles. The summed E-state index contributed by atoms with van der Waals surface area (Å²) in [5, 5.41) is 4.74. The summed E-state index contributed by atoms with van der Waals surface area (Å²) in [5.74, 6) is 0. The second-order valence-electron chi connectivity index (χ2n) is 7.61. The van der Waals surface area contributed by atoms with Gasteiger partial charge in [0.05, 0.1) is 13.3 Å². The highest BCUT2D eigenvalue weighted by molar-refractivity contribution is 4.79. The lowest BCUT2D eigenvalue weighted by Gasteiger charge is -2.31. The van der Waals surface area contributed by atoms with Gasteiger partial charge in [0.25, 0.3) is 0 Å². The zero-order chi connectivity index (χ0) is 16.3. The molecule has 0 spiro atoms. The Morgan fingerprint density at radius 3 is 1.41 bits per heavy atom. The van der Waals surface area contributed by atoms with Crippen molar-refractivity contribution in [2.45, 2.75) is 64.7 Å². The Morgan fingerprint density at radius 1 is 0.773 bits per heavy atom. The highest BCUT2D eigenvalue weighted by Gasteiger charge is 2.27. The van der Waals surface area contributed by atoms with E-state index in [-0.39, 0.29) is 0 Å². The number of likely N-dealkylation sites (N-methyl/N-ethyl adjacent to an activating group) is 2. The molecule has 0 aromatic rings. The molecular weight excluding hydrogens is 276 g/mol. The Morgan fingerprint density at radius 2 is 1.14 bits per heavy atom. The van der Waals surface area contributed by atoms with Gasteiger partial charge >= 0.3 is 0 Å². The third kappa shape index (κ3) is 5.15. The van der Waals surface area contributed by atoms with Gasteiger partial charge in [-0.2, -0.15) is 0 Å². The molecule has 0 aromatic carbocycles. The van der Waals surface area contributed by atoms with Crippen LogP contribution >= 0.6 is 0 Å². The van der Waals surface area contributed by atoms with Gasteiger partial charge in [-0.05, 0) is 54.6 Å². The molecule has 2 fully saturated rings. The lowest BCUT2D eigenvalue weighted by Crippen LogP contribution is -2.48. The molecule has 2 saturated heterocycles. The monoisotopic (exact) mass is 312 g/mol. The Kier molecular flexibility index (Phi) is 6.61. The van der Waals surface area contributed by atoms with Crippen molar-refractivity contribution in [3.63, 3.8) is 0 Å². The Hall–Kier alpha value is -0.240. The van der Waals surface area contributed by atoms with Crippen LogP contribution in [0.15, 0.2) is 0 Å². The van der Waals surface area contributed by atoms with Crippen LogP contribution in [0, 0.1) is 0 Å². The average molecular weight is 313 g/mol. The Labute approximate surface area is 136 Å². The van der Waals surface area contributed by atoms with Crippen LogP contribution in [0.3, 0.4) is 0 Å². The maximum atomic E-state index is 3.55. The van der Waals surface area contributed by atoms with Crippen LogP contribution in [0.4, 0.5) is 0 Å². The molecule has 2 rings (SSSR count). The van der Waals surface area contributed by atoms with Crippen molar-refractivity contribution >= 4 is 0 Å². The highest BCUT2D eigenvalue weighted by atomic mass is 15.6. The van der Waals surface area contributed by atoms with E-state index in [0.29, 0.717) is 24.2 Å². The quantitative estimate of drug-likeness (QED) is 0.722. The van der Waals surface area contributed by atoms with Crippen LogP contribution in [0.5, 0.6) is 0 Å². The molecule has 6 nitrogen and oxygen atoms in total. The molecule has 0 saturated carbocycles. The first-order valence-corrected chi connectivity index (χ1v) is 8.78. The zero-order valence-electron chi connectivity index (χ0n) is 15.3. The molecular formula is C16H36N6. The molecule has 0 amide bonds. The summed E-state index contributed by atoms with van der Waals surface area (Å²) in [6, 6.07) is 2.48. The summed E-state index contributed by atoms with van der Waals surface area (Å²) in [6.45, 7) is 13.3. The highest BCUT2D eigenvalue weighted by Crippen LogP contribution is 2.14.